The van der Waals surface area contributed by atoms with Crippen LogP contribution in [-0.4, -0.2) is 45.1 Å². The summed E-state index contributed by atoms with van der Waals surface area (Å²) >= 11 is 0. The van der Waals surface area contributed by atoms with Gasteiger partial charge in [-0.05, 0) is 18.1 Å². The SMILES string of the molecule is CC(C)(C)[Si](C)(C)OC1CN(CC(F)(F)F)C1. The van der Waals surface area contributed by atoms with Crippen molar-refractivity contribution in [2.24, 2.45) is 0 Å². The Morgan fingerprint density at radius 2 is 1.65 bits per heavy atom. The van der Waals surface area contributed by atoms with Gasteiger partial charge in [0.25, 0.3) is 0 Å². The van der Waals surface area contributed by atoms with Crippen molar-refractivity contribution in [2.45, 2.75) is 51.2 Å². The molecule has 1 aliphatic heterocycles. The Balaban J connectivity index is 2.35. The Morgan fingerprint density at radius 1 is 1.18 bits per heavy atom. The Labute approximate surface area is 102 Å². The summed E-state index contributed by atoms with van der Waals surface area (Å²) in [7, 11) is -1.83. The molecule has 0 aromatic rings. The van der Waals surface area contributed by atoms with Crippen LogP contribution in [0.15, 0.2) is 0 Å². The molecule has 0 atom stereocenters. The van der Waals surface area contributed by atoms with Crippen LogP contribution in [0.25, 0.3) is 0 Å². The van der Waals surface area contributed by atoms with Crippen LogP contribution in [0, 0.1) is 0 Å². The molecule has 0 aromatic carbocycles. The molecular formula is C11H22F3NOSi. The van der Waals surface area contributed by atoms with Crippen LogP contribution >= 0.6 is 0 Å². The summed E-state index contributed by atoms with van der Waals surface area (Å²) in [6, 6.07) is 0. The van der Waals surface area contributed by atoms with E-state index in [1.165, 1.54) is 4.90 Å². The highest BCUT2D eigenvalue weighted by molar-refractivity contribution is 6.74. The fourth-order valence-electron chi connectivity index (χ4n) is 1.57. The summed E-state index contributed by atoms with van der Waals surface area (Å²) in [5.74, 6) is 0. The van der Waals surface area contributed by atoms with Crippen LogP contribution in [0.1, 0.15) is 20.8 Å². The van der Waals surface area contributed by atoms with Crippen molar-refractivity contribution in [1.29, 1.82) is 0 Å². The fraction of sp³-hybridized carbons (Fsp3) is 1.00. The molecule has 1 aliphatic rings. The highest BCUT2D eigenvalue weighted by Gasteiger charge is 2.43. The van der Waals surface area contributed by atoms with E-state index in [9.17, 15) is 13.2 Å². The van der Waals surface area contributed by atoms with Gasteiger partial charge in [0.1, 0.15) is 0 Å². The second kappa shape index (κ2) is 4.55. The van der Waals surface area contributed by atoms with Gasteiger partial charge in [-0.1, -0.05) is 20.8 Å². The molecule has 1 heterocycles. The number of hydrogen-bond donors (Lipinski definition) is 0. The monoisotopic (exact) mass is 269 g/mol. The predicted octanol–water partition coefficient (Wildman–Crippen LogP) is 3.25. The molecule has 0 amide bonds. The van der Waals surface area contributed by atoms with E-state index in [-0.39, 0.29) is 11.1 Å². The molecule has 0 aliphatic carbocycles. The molecular weight excluding hydrogens is 247 g/mol. The van der Waals surface area contributed by atoms with Crippen LogP contribution < -0.4 is 0 Å². The molecule has 0 unspecified atom stereocenters. The van der Waals surface area contributed by atoms with Crippen molar-refractivity contribution in [2.75, 3.05) is 19.6 Å². The average Bonchev–Trinajstić information content (AvgIpc) is 1.94. The first-order valence-corrected chi connectivity index (χ1v) is 8.78. The van der Waals surface area contributed by atoms with Crippen molar-refractivity contribution in [1.82, 2.24) is 4.90 Å². The van der Waals surface area contributed by atoms with Crippen molar-refractivity contribution in [3.8, 4) is 0 Å². The number of hydrogen-bond acceptors (Lipinski definition) is 2. The standard InChI is InChI=1S/C11H22F3NOSi/c1-10(2,3)17(4,5)16-9-6-15(7-9)8-11(12,13)14/h9H,6-8H2,1-5H3. The lowest BCUT2D eigenvalue weighted by Crippen LogP contribution is -2.59. The lowest BCUT2D eigenvalue weighted by molar-refractivity contribution is -0.163. The molecule has 0 N–H and O–H groups in total. The van der Waals surface area contributed by atoms with Crippen LogP contribution in [-0.2, 0) is 4.43 Å². The largest absolute Gasteiger partial charge is 0.411 e. The van der Waals surface area contributed by atoms with E-state index in [4.69, 9.17) is 4.43 Å². The number of nitrogens with zero attached hydrogens (tertiary/aromatic N) is 1. The van der Waals surface area contributed by atoms with Crippen molar-refractivity contribution in [3.05, 3.63) is 0 Å². The van der Waals surface area contributed by atoms with Gasteiger partial charge in [-0.15, -0.1) is 0 Å². The lowest BCUT2D eigenvalue weighted by atomic mass is 10.2. The third kappa shape index (κ3) is 4.26. The van der Waals surface area contributed by atoms with Gasteiger partial charge in [0.15, 0.2) is 8.32 Å². The van der Waals surface area contributed by atoms with Crippen LogP contribution in [0.5, 0.6) is 0 Å². The van der Waals surface area contributed by atoms with E-state index in [0.29, 0.717) is 13.1 Å². The highest BCUT2D eigenvalue weighted by atomic mass is 28.4. The first-order chi connectivity index (χ1) is 7.41. The summed E-state index contributed by atoms with van der Waals surface area (Å²) in [6.45, 7) is 10.6. The zero-order valence-electron chi connectivity index (χ0n) is 11.2. The molecule has 0 aromatic heterocycles. The summed E-state index contributed by atoms with van der Waals surface area (Å²) in [6.07, 6.45) is -4.11. The molecule has 6 heteroatoms. The molecule has 102 valence electrons. The minimum absolute atomic E-state index is 0.0155. The normalized spacial score (nSPS) is 20.5. The maximum atomic E-state index is 12.1. The van der Waals surface area contributed by atoms with Gasteiger partial charge in [-0.2, -0.15) is 13.2 Å². The van der Waals surface area contributed by atoms with Crippen molar-refractivity contribution >= 4 is 8.32 Å². The number of likely N-dealkylation sites (tertiary alicyclic amines) is 1. The second-order valence-electron chi connectivity index (χ2n) is 6.31. The van der Waals surface area contributed by atoms with Crippen molar-refractivity contribution < 1.29 is 17.6 Å². The molecule has 0 radical (unpaired) electrons. The van der Waals surface area contributed by atoms with E-state index < -0.39 is 21.0 Å². The van der Waals surface area contributed by atoms with Crippen LogP contribution in [0.3, 0.4) is 0 Å². The van der Waals surface area contributed by atoms with Gasteiger partial charge < -0.3 is 4.43 Å². The Kier molecular flexibility index (Phi) is 4.01. The molecule has 0 spiro atoms. The molecule has 2 nitrogen and oxygen atoms in total. The molecule has 0 bridgehead atoms. The van der Waals surface area contributed by atoms with Gasteiger partial charge in [0.05, 0.1) is 12.6 Å². The first-order valence-electron chi connectivity index (χ1n) is 5.88. The third-order valence-corrected chi connectivity index (χ3v) is 8.13. The Bertz CT molecular complexity index is 267. The first kappa shape index (κ1) is 15.0. The molecule has 1 rings (SSSR count). The summed E-state index contributed by atoms with van der Waals surface area (Å²) in [4.78, 5) is 1.39. The zero-order valence-corrected chi connectivity index (χ0v) is 12.2. The number of halogens is 3. The smallest absolute Gasteiger partial charge is 0.401 e. The summed E-state index contributed by atoms with van der Waals surface area (Å²) in [5.41, 5.74) is 0. The Morgan fingerprint density at radius 3 is 2.00 bits per heavy atom. The number of alkyl halides is 3. The maximum absolute atomic E-state index is 12.1. The number of rotatable bonds is 3. The predicted molar refractivity (Wildman–Crippen MR) is 64.6 cm³/mol. The van der Waals surface area contributed by atoms with Crippen LogP contribution in [0.4, 0.5) is 13.2 Å². The van der Waals surface area contributed by atoms with E-state index in [2.05, 4.69) is 33.9 Å². The van der Waals surface area contributed by atoms with Gasteiger partial charge in [0.2, 0.25) is 0 Å². The molecule has 0 saturated carbocycles. The van der Waals surface area contributed by atoms with E-state index >= 15 is 0 Å². The minimum Gasteiger partial charge on any atom is -0.411 e. The maximum Gasteiger partial charge on any atom is 0.401 e. The van der Waals surface area contributed by atoms with E-state index in [1.54, 1.807) is 0 Å². The van der Waals surface area contributed by atoms with Gasteiger partial charge in [-0.25, -0.2) is 0 Å². The fourth-order valence-corrected chi connectivity index (χ4v) is 2.91. The molecule has 17 heavy (non-hydrogen) atoms. The highest BCUT2D eigenvalue weighted by Crippen LogP contribution is 2.38. The quantitative estimate of drug-likeness (QED) is 0.729. The Hall–Kier alpha value is -0.0731. The molecule has 1 fully saturated rings. The van der Waals surface area contributed by atoms with E-state index in [0.717, 1.165) is 0 Å². The topological polar surface area (TPSA) is 12.5 Å². The summed E-state index contributed by atoms with van der Waals surface area (Å²) < 4.78 is 42.3. The second-order valence-corrected chi connectivity index (χ2v) is 11.1. The molecule has 1 saturated heterocycles. The average molecular weight is 269 g/mol. The van der Waals surface area contributed by atoms with E-state index in [1.807, 2.05) is 0 Å². The van der Waals surface area contributed by atoms with Gasteiger partial charge in [0, 0.05) is 13.1 Å². The summed E-state index contributed by atoms with van der Waals surface area (Å²) in [5, 5.41) is 0.109. The lowest BCUT2D eigenvalue weighted by Gasteiger charge is -2.46. The van der Waals surface area contributed by atoms with Gasteiger partial charge >= 0.3 is 6.18 Å². The minimum atomic E-state index is -4.10. The van der Waals surface area contributed by atoms with Crippen molar-refractivity contribution in [3.63, 3.8) is 0 Å². The third-order valence-electron chi connectivity index (χ3n) is 3.59. The zero-order chi connectivity index (χ0) is 13.5. The van der Waals surface area contributed by atoms with Gasteiger partial charge in [-0.3, -0.25) is 4.90 Å². The van der Waals surface area contributed by atoms with Crippen LogP contribution in [0.2, 0.25) is 18.1 Å².